The van der Waals surface area contributed by atoms with Crippen LogP contribution in [0, 0.1) is 12.7 Å². The van der Waals surface area contributed by atoms with Gasteiger partial charge in [-0.25, -0.2) is 14.4 Å². The molecule has 1 aromatic heterocycles. The number of carboxylic acids is 1. The smallest absolute Gasteiger partial charge is 0.305 e. The maximum absolute atomic E-state index is 13.3. The molecule has 1 heterocycles. The number of aliphatic hydroxyl groups excluding tert-OH is 2. The van der Waals surface area contributed by atoms with Crippen molar-refractivity contribution in [2.45, 2.75) is 93.3 Å². The minimum Gasteiger partial charge on any atom is -0.481 e. The molecule has 0 bridgehead atoms. The van der Waals surface area contributed by atoms with E-state index in [9.17, 15) is 19.4 Å². The van der Waals surface area contributed by atoms with Gasteiger partial charge in [-0.15, -0.1) is 0 Å². The van der Waals surface area contributed by atoms with E-state index in [4.69, 9.17) is 5.11 Å². The molecular weight excluding hydrogens is 435 g/mol. The standard InChI is InChI=1S/C21H25FN2O4.3C2H6/c1-12(2)20-18(9-8-16(25)10-17(26)11-19(27)28)21(24-13(3)23-20)14-4-6-15(22)7-5-14;3*1-2/h4-9,12,16-17,25-26H,10-11H2,1-3H3,(H,27,28);3*1-2H3/b9-8+;;;/t16-,17-;;;/m1.../s1. The SMILES string of the molecule is CC.CC.CC.Cc1nc(-c2ccc(F)cc2)c(/C=C/[C@@H](O)C[C@@H](O)CC(=O)O)c(C(C)C)n1. The highest BCUT2D eigenvalue weighted by Crippen LogP contribution is 2.29. The lowest BCUT2D eigenvalue weighted by Crippen LogP contribution is -2.19. The van der Waals surface area contributed by atoms with Crippen LogP contribution in [0.4, 0.5) is 4.39 Å². The van der Waals surface area contributed by atoms with Gasteiger partial charge in [0.05, 0.1) is 30.0 Å². The molecule has 0 saturated carbocycles. The van der Waals surface area contributed by atoms with Crippen LogP contribution >= 0.6 is 0 Å². The molecule has 0 aliphatic carbocycles. The van der Waals surface area contributed by atoms with Gasteiger partial charge >= 0.3 is 5.97 Å². The van der Waals surface area contributed by atoms with Gasteiger partial charge in [0.25, 0.3) is 0 Å². The van der Waals surface area contributed by atoms with Crippen LogP contribution in [0.3, 0.4) is 0 Å². The van der Waals surface area contributed by atoms with Crippen LogP contribution in [-0.4, -0.2) is 43.5 Å². The van der Waals surface area contributed by atoms with Gasteiger partial charge in [0, 0.05) is 17.5 Å². The van der Waals surface area contributed by atoms with Gasteiger partial charge in [-0.1, -0.05) is 67.5 Å². The Bertz CT molecular complexity index is 852. The van der Waals surface area contributed by atoms with Gasteiger partial charge in [-0.3, -0.25) is 4.79 Å². The maximum atomic E-state index is 13.3. The third-order valence-electron chi connectivity index (χ3n) is 4.16. The van der Waals surface area contributed by atoms with Crippen molar-refractivity contribution in [2.24, 2.45) is 0 Å². The first-order chi connectivity index (χ1) is 16.2. The van der Waals surface area contributed by atoms with E-state index in [0.717, 1.165) is 5.69 Å². The molecule has 7 heteroatoms. The number of carbonyl (C=O) groups is 1. The first-order valence-corrected chi connectivity index (χ1v) is 12.1. The summed E-state index contributed by atoms with van der Waals surface area (Å²) in [6.07, 6.45) is 0.447. The predicted molar refractivity (Wildman–Crippen MR) is 138 cm³/mol. The molecule has 0 unspecified atom stereocenters. The van der Waals surface area contributed by atoms with Crippen LogP contribution in [-0.2, 0) is 4.79 Å². The number of benzene rings is 1. The van der Waals surface area contributed by atoms with Gasteiger partial charge in [0.2, 0.25) is 0 Å². The summed E-state index contributed by atoms with van der Waals surface area (Å²) in [6.45, 7) is 17.8. The summed E-state index contributed by atoms with van der Waals surface area (Å²) in [5.41, 5.74) is 2.81. The number of aromatic nitrogens is 2. The summed E-state index contributed by atoms with van der Waals surface area (Å²) >= 11 is 0. The van der Waals surface area contributed by atoms with E-state index in [1.807, 2.05) is 55.4 Å². The summed E-state index contributed by atoms with van der Waals surface area (Å²) in [4.78, 5) is 19.7. The predicted octanol–water partition coefficient (Wildman–Crippen LogP) is 6.39. The van der Waals surface area contributed by atoms with Crippen molar-refractivity contribution in [3.05, 3.63) is 53.2 Å². The Hall–Kier alpha value is -2.64. The molecule has 2 atom stereocenters. The lowest BCUT2D eigenvalue weighted by atomic mass is 9.97. The summed E-state index contributed by atoms with van der Waals surface area (Å²) in [5, 5.41) is 28.5. The molecule has 0 aliphatic heterocycles. The summed E-state index contributed by atoms with van der Waals surface area (Å²) in [5.74, 6) is -0.817. The molecule has 0 amide bonds. The van der Waals surface area contributed by atoms with Crippen molar-refractivity contribution in [3.8, 4) is 11.3 Å². The normalized spacial score (nSPS) is 11.9. The van der Waals surface area contributed by atoms with Gasteiger partial charge in [-0.05, 0) is 37.1 Å². The van der Waals surface area contributed by atoms with E-state index >= 15 is 0 Å². The molecule has 1 aromatic carbocycles. The molecule has 192 valence electrons. The topological polar surface area (TPSA) is 104 Å². The molecule has 0 radical (unpaired) electrons. The molecule has 0 saturated heterocycles. The maximum Gasteiger partial charge on any atom is 0.305 e. The Balaban J connectivity index is 0. The average molecular weight is 479 g/mol. The second kappa shape index (κ2) is 18.7. The van der Waals surface area contributed by atoms with Crippen molar-refractivity contribution < 1.29 is 24.5 Å². The van der Waals surface area contributed by atoms with E-state index < -0.39 is 24.6 Å². The summed E-state index contributed by atoms with van der Waals surface area (Å²) in [7, 11) is 0. The van der Waals surface area contributed by atoms with Gasteiger partial charge < -0.3 is 15.3 Å². The minimum absolute atomic E-state index is 0.0790. The van der Waals surface area contributed by atoms with E-state index in [0.29, 0.717) is 22.6 Å². The quantitative estimate of drug-likeness (QED) is 0.406. The Morgan fingerprint density at radius 3 is 2.00 bits per heavy atom. The lowest BCUT2D eigenvalue weighted by molar-refractivity contribution is -0.139. The number of aryl methyl sites for hydroxylation is 1. The van der Waals surface area contributed by atoms with Gasteiger partial charge in [0.15, 0.2) is 0 Å². The summed E-state index contributed by atoms with van der Waals surface area (Å²) < 4.78 is 13.3. The molecular formula is C27H43FN2O4. The fourth-order valence-corrected chi connectivity index (χ4v) is 2.88. The third kappa shape index (κ3) is 12.0. The van der Waals surface area contributed by atoms with Crippen LogP contribution in [0.25, 0.3) is 17.3 Å². The first kappa shape index (κ1) is 33.5. The number of aliphatic carboxylic acids is 1. The number of hydrogen-bond donors (Lipinski definition) is 3. The minimum atomic E-state index is -1.15. The molecule has 34 heavy (non-hydrogen) atoms. The monoisotopic (exact) mass is 478 g/mol. The zero-order valence-electron chi connectivity index (χ0n) is 22.1. The second-order valence-electron chi connectivity index (χ2n) is 6.99. The molecule has 0 spiro atoms. The van der Waals surface area contributed by atoms with Gasteiger partial charge in [-0.2, -0.15) is 0 Å². The fraction of sp³-hybridized carbons (Fsp3) is 0.519. The summed E-state index contributed by atoms with van der Waals surface area (Å²) in [6, 6.07) is 5.97. The number of hydrogen-bond acceptors (Lipinski definition) is 5. The van der Waals surface area contributed by atoms with Crippen molar-refractivity contribution in [1.82, 2.24) is 9.97 Å². The highest BCUT2D eigenvalue weighted by molar-refractivity contribution is 5.73. The van der Waals surface area contributed by atoms with Crippen LogP contribution in [0.1, 0.15) is 91.2 Å². The number of nitrogens with zero attached hydrogens (tertiary/aromatic N) is 2. The Morgan fingerprint density at radius 1 is 1.00 bits per heavy atom. The fourth-order valence-electron chi connectivity index (χ4n) is 2.88. The first-order valence-electron chi connectivity index (χ1n) is 12.1. The van der Waals surface area contributed by atoms with Crippen molar-refractivity contribution in [2.75, 3.05) is 0 Å². The highest BCUT2D eigenvalue weighted by Gasteiger charge is 2.17. The Labute approximate surface area is 204 Å². The third-order valence-corrected chi connectivity index (χ3v) is 4.16. The van der Waals surface area contributed by atoms with E-state index in [-0.39, 0.29) is 18.2 Å². The van der Waals surface area contributed by atoms with E-state index in [1.165, 1.54) is 18.2 Å². The Morgan fingerprint density at radius 2 is 1.53 bits per heavy atom. The largest absolute Gasteiger partial charge is 0.481 e. The highest BCUT2D eigenvalue weighted by atomic mass is 19.1. The Kier molecular flexibility index (Phi) is 18.5. The molecule has 3 N–H and O–H groups in total. The second-order valence-corrected chi connectivity index (χ2v) is 6.99. The lowest BCUT2D eigenvalue weighted by Gasteiger charge is -2.16. The average Bonchev–Trinajstić information content (AvgIpc) is 2.81. The number of aliphatic hydroxyl groups is 2. The molecule has 0 fully saturated rings. The van der Waals surface area contributed by atoms with Crippen LogP contribution in [0.2, 0.25) is 0 Å². The molecule has 0 aliphatic rings. The van der Waals surface area contributed by atoms with Crippen molar-refractivity contribution in [3.63, 3.8) is 0 Å². The van der Waals surface area contributed by atoms with E-state index in [1.54, 1.807) is 25.1 Å². The zero-order valence-corrected chi connectivity index (χ0v) is 22.1. The van der Waals surface area contributed by atoms with Gasteiger partial charge in [0.1, 0.15) is 11.6 Å². The number of rotatable bonds is 8. The number of halogens is 1. The molecule has 2 aromatic rings. The zero-order chi connectivity index (χ0) is 26.8. The number of carboxylic acid groups (broad SMARTS) is 1. The molecule has 2 rings (SSSR count). The molecule has 6 nitrogen and oxygen atoms in total. The van der Waals surface area contributed by atoms with E-state index in [2.05, 4.69) is 9.97 Å². The van der Waals surface area contributed by atoms with Crippen molar-refractivity contribution >= 4 is 12.0 Å². The van der Waals surface area contributed by atoms with Crippen LogP contribution < -0.4 is 0 Å². The van der Waals surface area contributed by atoms with Crippen LogP contribution in [0.5, 0.6) is 0 Å². The van der Waals surface area contributed by atoms with Crippen molar-refractivity contribution in [1.29, 1.82) is 0 Å². The van der Waals surface area contributed by atoms with Crippen LogP contribution in [0.15, 0.2) is 30.3 Å².